The van der Waals surface area contributed by atoms with Gasteiger partial charge in [0, 0.05) is 12.2 Å². The molecule has 0 fully saturated rings. The van der Waals surface area contributed by atoms with Gasteiger partial charge in [-0.05, 0) is 53.1 Å². The molecule has 2 aromatic carbocycles. The van der Waals surface area contributed by atoms with Gasteiger partial charge >= 0.3 is 0 Å². The fourth-order valence-electron chi connectivity index (χ4n) is 2.53. The number of anilines is 1. The van der Waals surface area contributed by atoms with E-state index >= 15 is 0 Å². The molecule has 0 saturated carbocycles. The summed E-state index contributed by atoms with van der Waals surface area (Å²) < 4.78 is 1.61. The van der Waals surface area contributed by atoms with Gasteiger partial charge in [0.15, 0.2) is 0 Å². The topological polar surface area (TPSA) is 84.7 Å². The van der Waals surface area contributed by atoms with Gasteiger partial charge in [0.25, 0.3) is 0 Å². The first-order chi connectivity index (χ1) is 12.2. The Hall–Kier alpha value is -3.22. The third-order valence-corrected chi connectivity index (χ3v) is 3.82. The fourth-order valence-corrected chi connectivity index (χ4v) is 2.53. The van der Waals surface area contributed by atoms with E-state index in [2.05, 4.69) is 38.3 Å². The summed E-state index contributed by atoms with van der Waals surface area (Å²) in [6, 6.07) is 15.9. The third-order valence-electron chi connectivity index (χ3n) is 3.82. The molecule has 3 rings (SSSR count). The summed E-state index contributed by atoms with van der Waals surface area (Å²) in [5.74, 6) is -0.0295. The summed E-state index contributed by atoms with van der Waals surface area (Å²) in [7, 11) is 0. The van der Waals surface area contributed by atoms with Gasteiger partial charge in [-0.25, -0.2) is 4.68 Å². The summed E-state index contributed by atoms with van der Waals surface area (Å²) in [5.41, 5.74) is 4.02. The molecule has 1 heterocycles. The highest BCUT2D eigenvalue weighted by Gasteiger charge is 2.05. The molecular formula is C18H20N6O. The number of carbonyl (C=O) groups is 1. The molecule has 7 nitrogen and oxygen atoms in total. The van der Waals surface area contributed by atoms with Crippen molar-refractivity contribution in [2.45, 2.75) is 13.3 Å². The Balaban J connectivity index is 1.46. The van der Waals surface area contributed by atoms with Gasteiger partial charge in [-0.3, -0.25) is 4.79 Å². The van der Waals surface area contributed by atoms with Crippen LogP contribution in [0.1, 0.15) is 11.1 Å². The fraction of sp³-hybridized carbons (Fsp3) is 0.222. The van der Waals surface area contributed by atoms with Crippen LogP contribution >= 0.6 is 0 Å². The first kappa shape index (κ1) is 16.6. The average molecular weight is 336 g/mol. The van der Waals surface area contributed by atoms with Crippen LogP contribution in [0.25, 0.3) is 5.69 Å². The van der Waals surface area contributed by atoms with Crippen molar-refractivity contribution in [3.63, 3.8) is 0 Å². The SMILES string of the molecule is Cc1cc(NCC(=O)NCCc2ccccc2)ccc1-n1cnnn1. The zero-order valence-corrected chi connectivity index (χ0v) is 14.0. The first-order valence-corrected chi connectivity index (χ1v) is 8.11. The van der Waals surface area contributed by atoms with Crippen LogP contribution in [-0.2, 0) is 11.2 Å². The van der Waals surface area contributed by atoms with Crippen molar-refractivity contribution in [1.29, 1.82) is 0 Å². The van der Waals surface area contributed by atoms with E-state index in [0.29, 0.717) is 6.54 Å². The number of hydrogen-bond acceptors (Lipinski definition) is 5. The lowest BCUT2D eigenvalue weighted by Crippen LogP contribution is -2.31. The van der Waals surface area contributed by atoms with Crippen LogP contribution in [0.5, 0.6) is 0 Å². The molecule has 0 atom stereocenters. The largest absolute Gasteiger partial charge is 0.376 e. The van der Waals surface area contributed by atoms with Crippen LogP contribution in [0.4, 0.5) is 5.69 Å². The van der Waals surface area contributed by atoms with Gasteiger partial charge < -0.3 is 10.6 Å². The monoisotopic (exact) mass is 336 g/mol. The van der Waals surface area contributed by atoms with Crippen molar-refractivity contribution in [1.82, 2.24) is 25.5 Å². The quantitative estimate of drug-likeness (QED) is 0.686. The van der Waals surface area contributed by atoms with Crippen molar-refractivity contribution in [2.75, 3.05) is 18.4 Å². The van der Waals surface area contributed by atoms with Gasteiger partial charge in [-0.15, -0.1) is 5.10 Å². The second-order valence-electron chi connectivity index (χ2n) is 5.69. The molecule has 128 valence electrons. The average Bonchev–Trinajstić information content (AvgIpc) is 3.15. The molecule has 1 amide bonds. The molecule has 0 unspecified atom stereocenters. The molecule has 0 radical (unpaired) electrons. The minimum absolute atomic E-state index is 0.0295. The van der Waals surface area contributed by atoms with Crippen molar-refractivity contribution in [3.05, 3.63) is 66.0 Å². The van der Waals surface area contributed by atoms with Crippen LogP contribution in [0.2, 0.25) is 0 Å². The van der Waals surface area contributed by atoms with E-state index in [9.17, 15) is 4.79 Å². The smallest absolute Gasteiger partial charge is 0.239 e. The summed E-state index contributed by atoms with van der Waals surface area (Å²) in [6.07, 6.45) is 2.38. The third kappa shape index (κ3) is 4.63. The molecule has 0 aliphatic carbocycles. The normalized spacial score (nSPS) is 10.4. The molecule has 7 heteroatoms. The van der Waals surface area contributed by atoms with Crippen molar-refractivity contribution < 1.29 is 4.79 Å². The standard InChI is InChI=1S/C18H20N6O/c1-14-11-16(7-8-17(14)24-13-21-22-23-24)20-12-18(25)19-10-9-15-5-3-2-4-6-15/h2-8,11,13,20H,9-10,12H2,1H3,(H,19,25). The highest BCUT2D eigenvalue weighted by Crippen LogP contribution is 2.17. The molecule has 2 N–H and O–H groups in total. The van der Waals surface area contributed by atoms with E-state index in [1.165, 1.54) is 5.56 Å². The van der Waals surface area contributed by atoms with Gasteiger partial charge in [0.2, 0.25) is 5.91 Å². The minimum Gasteiger partial charge on any atom is -0.376 e. The minimum atomic E-state index is -0.0295. The molecule has 0 saturated heterocycles. The predicted molar refractivity (Wildman–Crippen MR) is 95.5 cm³/mol. The number of benzene rings is 2. The van der Waals surface area contributed by atoms with Gasteiger partial charge in [-0.1, -0.05) is 30.3 Å². The van der Waals surface area contributed by atoms with E-state index in [1.54, 1.807) is 11.0 Å². The van der Waals surface area contributed by atoms with E-state index < -0.39 is 0 Å². The zero-order chi connectivity index (χ0) is 17.5. The lowest BCUT2D eigenvalue weighted by molar-refractivity contribution is -0.119. The van der Waals surface area contributed by atoms with Crippen molar-refractivity contribution in [3.8, 4) is 5.69 Å². The Bertz CT molecular complexity index is 817. The Morgan fingerprint density at radius 2 is 2.00 bits per heavy atom. The Morgan fingerprint density at radius 3 is 2.72 bits per heavy atom. The predicted octanol–water partition coefficient (Wildman–Crippen LogP) is 1.74. The van der Waals surface area contributed by atoms with Crippen LogP contribution < -0.4 is 10.6 Å². The van der Waals surface area contributed by atoms with Crippen LogP contribution in [0.15, 0.2) is 54.9 Å². The number of hydrogen-bond donors (Lipinski definition) is 2. The van der Waals surface area contributed by atoms with Gasteiger partial charge in [0.05, 0.1) is 12.2 Å². The van der Waals surface area contributed by atoms with E-state index in [4.69, 9.17) is 0 Å². The number of nitrogens with one attached hydrogen (secondary N) is 2. The molecule has 3 aromatic rings. The molecule has 0 aliphatic heterocycles. The van der Waals surface area contributed by atoms with Crippen LogP contribution in [0.3, 0.4) is 0 Å². The van der Waals surface area contributed by atoms with Gasteiger partial charge in [-0.2, -0.15) is 0 Å². The van der Waals surface area contributed by atoms with Crippen molar-refractivity contribution in [2.24, 2.45) is 0 Å². The maximum atomic E-state index is 11.9. The first-order valence-electron chi connectivity index (χ1n) is 8.11. The summed E-state index contributed by atoms with van der Waals surface area (Å²) in [5, 5.41) is 17.2. The Morgan fingerprint density at radius 1 is 1.16 bits per heavy atom. The Labute approximate surface area is 146 Å². The van der Waals surface area contributed by atoms with Crippen LogP contribution in [-0.4, -0.2) is 39.2 Å². The molecule has 0 aliphatic rings. The molecular weight excluding hydrogens is 316 g/mol. The van der Waals surface area contributed by atoms with E-state index in [-0.39, 0.29) is 12.5 Å². The maximum absolute atomic E-state index is 11.9. The number of rotatable bonds is 7. The summed E-state index contributed by atoms with van der Waals surface area (Å²) in [6.45, 7) is 2.84. The number of aromatic nitrogens is 4. The number of nitrogens with zero attached hydrogens (tertiary/aromatic N) is 4. The second-order valence-corrected chi connectivity index (χ2v) is 5.69. The highest BCUT2D eigenvalue weighted by atomic mass is 16.1. The number of tetrazole rings is 1. The van der Waals surface area contributed by atoms with E-state index in [0.717, 1.165) is 23.4 Å². The van der Waals surface area contributed by atoms with Crippen LogP contribution in [0, 0.1) is 6.92 Å². The summed E-state index contributed by atoms with van der Waals surface area (Å²) in [4.78, 5) is 11.9. The van der Waals surface area contributed by atoms with Crippen molar-refractivity contribution >= 4 is 11.6 Å². The number of aryl methyl sites for hydroxylation is 1. The molecule has 25 heavy (non-hydrogen) atoms. The molecule has 1 aromatic heterocycles. The lowest BCUT2D eigenvalue weighted by atomic mass is 10.1. The highest BCUT2D eigenvalue weighted by molar-refractivity contribution is 5.80. The lowest BCUT2D eigenvalue weighted by Gasteiger charge is -2.10. The zero-order valence-electron chi connectivity index (χ0n) is 14.0. The number of carbonyl (C=O) groups excluding carboxylic acids is 1. The molecule has 0 spiro atoms. The Kier molecular flexibility index (Phi) is 5.36. The number of amides is 1. The van der Waals surface area contributed by atoms with E-state index in [1.807, 2.05) is 43.3 Å². The van der Waals surface area contributed by atoms with Gasteiger partial charge in [0.1, 0.15) is 6.33 Å². The summed E-state index contributed by atoms with van der Waals surface area (Å²) >= 11 is 0. The maximum Gasteiger partial charge on any atom is 0.239 e. The second kappa shape index (κ2) is 8.05. The molecule has 0 bridgehead atoms.